The molecule has 0 aliphatic carbocycles. The first-order valence-corrected chi connectivity index (χ1v) is 11.5. The van der Waals surface area contributed by atoms with E-state index < -0.39 is 0 Å². The summed E-state index contributed by atoms with van der Waals surface area (Å²) >= 11 is 1.03. The topological polar surface area (TPSA) is 77.0 Å². The van der Waals surface area contributed by atoms with Crippen LogP contribution in [0.2, 0.25) is 0 Å². The molecule has 1 atom stereocenters. The normalized spacial score (nSPS) is 15.9. The number of carbonyl (C=O) groups excluding carboxylic acids is 2. The summed E-state index contributed by atoms with van der Waals surface area (Å²) in [6, 6.07) is 25.9. The van der Waals surface area contributed by atoms with Crippen LogP contribution in [0.15, 0.2) is 84.0 Å². The summed E-state index contributed by atoms with van der Waals surface area (Å²) in [5.74, 6) is 0.476. The molecule has 3 aromatic carbocycles. The minimum absolute atomic E-state index is 0.231. The van der Waals surface area contributed by atoms with Crippen LogP contribution in [0.1, 0.15) is 18.1 Å². The summed E-state index contributed by atoms with van der Waals surface area (Å²) in [7, 11) is 0. The average molecular weight is 461 g/mol. The second-order valence-corrected chi connectivity index (χ2v) is 8.71. The number of thioether (sulfide) groups is 1. The molecule has 168 valence electrons. The molecule has 7 heteroatoms. The van der Waals surface area contributed by atoms with E-state index in [4.69, 9.17) is 9.57 Å². The largest absolute Gasteiger partial charge is 0.490 e. The number of rotatable bonds is 9. The SMILES string of the molecule is C/C(=N\OCCOc1ccc(CC2SC(=O)NC2=O)cc1)c1ccc(-c2ccccc2)cc1. The van der Waals surface area contributed by atoms with Gasteiger partial charge in [-0.05, 0) is 47.7 Å². The lowest BCUT2D eigenvalue weighted by Gasteiger charge is -2.08. The number of carbonyl (C=O) groups is 2. The third kappa shape index (κ3) is 6.23. The van der Waals surface area contributed by atoms with Crippen molar-refractivity contribution >= 4 is 28.6 Å². The molecule has 1 heterocycles. The molecule has 1 fully saturated rings. The van der Waals surface area contributed by atoms with Crippen molar-refractivity contribution in [1.82, 2.24) is 5.32 Å². The van der Waals surface area contributed by atoms with Gasteiger partial charge in [0.2, 0.25) is 5.91 Å². The van der Waals surface area contributed by atoms with E-state index in [2.05, 4.69) is 34.7 Å². The molecule has 0 aromatic heterocycles. The van der Waals surface area contributed by atoms with Crippen LogP contribution in [0.5, 0.6) is 5.75 Å². The molecule has 2 amide bonds. The summed E-state index contributed by atoms with van der Waals surface area (Å²) in [5, 5.41) is 5.83. The molecule has 1 aliphatic rings. The minimum atomic E-state index is -0.367. The van der Waals surface area contributed by atoms with Crippen LogP contribution in [-0.2, 0) is 16.1 Å². The highest BCUT2D eigenvalue weighted by Crippen LogP contribution is 2.24. The van der Waals surface area contributed by atoms with Gasteiger partial charge in [-0.15, -0.1) is 0 Å². The van der Waals surface area contributed by atoms with Crippen molar-refractivity contribution in [2.24, 2.45) is 5.16 Å². The summed E-state index contributed by atoms with van der Waals surface area (Å²) < 4.78 is 5.69. The third-order valence-corrected chi connectivity index (χ3v) is 6.15. The van der Waals surface area contributed by atoms with Crippen molar-refractivity contribution < 1.29 is 19.2 Å². The predicted octanol–water partition coefficient (Wildman–Crippen LogP) is 5.07. The minimum Gasteiger partial charge on any atom is -0.490 e. The van der Waals surface area contributed by atoms with E-state index >= 15 is 0 Å². The van der Waals surface area contributed by atoms with E-state index in [-0.39, 0.29) is 16.4 Å². The highest BCUT2D eigenvalue weighted by atomic mass is 32.2. The van der Waals surface area contributed by atoms with Gasteiger partial charge >= 0.3 is 0 Å². The summed E-state index contributed by atoms with van der Waals surface area (Å²) in [4.78, 5) is 28.3. The smallest absolute Gasteiger partial charge is 0.286 e. The second-order valence-electron chi connectivity index (χ2n) is 7.53. The highest BCUT2D eigenvalue weighted by molar-refractivity contribution is 8.15. The zero-order valence-corrected chi connectivity index (χ0v) is 19.0. The van der Waals surface area contributed by atoms with Gasteiger partial charge in [-0.2, -0.15) is 0 Å². The molecule has 0 spiro atoms. The number of benzene rings is 3. The van der Waals surface area contributed by atoms with Crippen molar-refractivity contribution in [1.29, 1.82) is 0 Å². The molecule has 1 unspecified atom stereocenters. The molecule has 0 saturated carbocycles. The molecule has 33 heavy (non-hydrogen) atoms. The maximum Gasteiger partial charge on any atom is 0.286 e. The summed E-state index contributed by atoms with van der Waals surface area (Å²) in [5.41, 5.74) is 5.11. The van der Waals surface area contributed by atoms with Gasteiger partial charge in [-0.25, -0.2) is 0 Å². The van der Waals surface area contributed by atoms with Crippen molar-refractivity contribution in [2.45, 2.75) is 18.6 Å². The van der Waals surface area contributed by atoms with Crippen molar-refractivity contribution in [2.75, 3.05) is 13.2 Å². The molecule has 1 aliphatic heterocycles. The molecule has 0 bridgehead atoms. The van der Waals surface area contributed by atoms with Crippen LogP contribution in [0.4, 0.5) is 4.79 Å². The van der Waals surface area contributed by atoms with Gasteiger partial charge < -0.3 is 9.57 Å². The average Bonchev–Trinajstić information content (AvgIpc) is 3.16. The second kappa shape index (κ2) is 10.8. The van der Waals surface area contributed by atoms with E-state index in [0.29, 0.717) is 25.4 Å². The van der Waals surface area contributed by atoms with E-state index in [0.717, 1.165) is 34.2 Å². The Morgan fingerprint density at radius 1 is 0.909 bits per heavy atom. The maximum absolute atomic E-state index is 11.7. The number of hydrogen-bond donors (Lipinski definition) is 1. The molecule has 3 aromatic rings. The van der Waals surface area contributed by atoms with Gasteiger partial charge in [0.05, 0.1) is 11.0 Å². The maximum atomic E-state index is 11.7. The van der Waals surface area contributed by atoms with Crippen LogP contribution in [0.3, 0.4) is 0 Å². The molecule has 1 saturated heterocycles. The first-order valence-electron chi connectivity index (χ1n) is 10.6. The number of hydrogen-bond acceptors (Lipinski definition) is 6. The highest BCUT2D eigenvalue weighted by Gasteiger charge is 2.31. The monoisotopic (exact) mass is 460 g/mol. The Balaban J connectivity index is 1.20. The van der Waals surface area contributed by atoms with Crippen LogP contribution in [0.25, 0.3) is 11.1 Å². The Hall–Kier alpha value is -3.58. The molecular weight excluding hydrogens is 436 g/mol. The van der Waals surface area contributed by atoms with E-state index in [1.54, 1.807) is 0 Å². The number of imide groups is 1. The van der Waals surface area contributed by atoms with Gasteiger partial charge in [0, 0.05) is 0 Å². The Morgan fingerprint density at radius 2 is 1.61 bits per heavy atom. The van der Waals surface area contributed by atoms with E-state index in [9.17, 15) is 9.59 Å². The van der Waals surface area contributed by atoms with Crippen molar-refractivity contribution in [3.05, 3.63) is 90.0 Å². The standard InChI is InChI=1S/C26H24N2O4S/c1-18(20-9-11-22(12-10-20)21-5-3-2-4-6-21)28-32-16-15-31-23-13-7-19(8-14-23)17-24-25(29)27-26(30)33-24/h2-14,24H,15-17H2,1H3,(H,27,29,30)/b28-18+. The first-order chi connectivity index (χ1) is 16.1. The Labute approximate surface area is 197 Å². The molecular formula is C26H24N2O4S. The van der Waals surface area contributed by atoms with Gasteiger partial charge in [0.15, 0.2) is 6.61 Å². The quantitative estimate of drug-likeness (QED) is 0.274. The fraction of sp³-hybridized carbons (Fsp3) is 0.192. The number of oxime groups is 1. The number of amides is 2. The van der Waals surface area contributed by atoms with Crippen LogP contribution in [-0.4, -0.2) is 35.3 Å². The van der Waals surface area contributed by atoms with E-state index in [1.165, 1.54) is 5.56 Å². The summed E-state index contributed by atoms with van der Waals surface area (Å²) in [6.45, 7) is 2.59. The summed E-state index contributed by atoms with van der Waals surface area (Å²) in [6.07, 6.45) is 0.506. The Kier molecular flexibility index (Phi) is 7.42. The number of nitrogens with zero attached hydrogens (tertiary/aromatic N) is 1. The van der Waals surface area contributed by atoms with Gasteiger partial charge in [-0.3, -0.25) is 14.9 Å². The molecule has 6 nitrogen and oxygen atoms in total. The lowest BCUT2D eigenvalue weighted by molar-refractivity contribution is -0.118. The molecule has 0 radical (unpaired) electrons. The molecule has 1 N–H and O–H groups in total. The first kappa shape index (κ1) is 22.6. The fourth-order valence-electron chi connectivity index (χ4n) is 3.39. The molecule has 4 rings (SSSR count). The van der Waals surface area contributed by atoms with Crippen molar-refractivity contribution in [3.63, 3.8) is 0 Å². The third-order valence-electron chi connectivity index (χ3n) is 5.17. The lowest BCUT2D eigenvalue weighted by Crippen LogP contribution is -2.25. The van der Waals surface area contributed by atoms with E-state index in [1.807, 2.05) is 61.5 Å². The van der Waals surface area contributed by atoms with Crippen LogP contribution < -0.4 is 10.1 Å². The zero-order valence-electron chi connectivity index (χ0n) is 18.2. The van der Waals surface area contributed by atoms with Gasteiger partial charge in [0.1, 0.15) is 12.4 Å². The van der Waals surface area contributed by atoms with Gasteiger partial charge in [-0.1, -0.05) is 83.6 Å². The zero-order chi connectivity index (χ0) is 23.0. The van der Waals surface area contributed by atoms with Gasteiger partial charge in [0.25, 0.3) is 5.24 Å². The predicted molar refractivity (Wildman–Crippen MR) is 131 cm³/mol. The lowest BCUT2D eigenvalue weighted by atomic mass is 10.0. The number of ether oxygens (including phenoxy) is 1. The van der Waals surface area contributed by atoms with Crippen molar-refractivity contribution in [3.8, 4) is 16.9 Å². The van der Waals surface area contributed by atoms with Crippen LogP contribution >= 0.6 is 11.8 Å². The van der Waals surface area contributed by atoms with Crippen LogP contribution in [0, 0.1) is 0 Å². The fourth-order valence-corrected chi connectivity index (χ4v) is 4.25. The Bertz CT molecular complexity index is 1130. The number of nitrogens with one attached hydrogen (secondary N) is 1. The Morgan fingerprint density at radius 3 is 2.27 bits per heavy atom.